The molecule has 3 rings (SSSR count). The summed E-state index contributed by atoms with van der Waals surface area (Å²) in [7, 11) is 0. The fourth-order valence-electron chi connectivity index (χ4n) is 4.28. The van der Waals surface area contributed by atoms with Gasteiger partial charge in [0.05, 0.1) is 5.39 Å². The van der Waals surface area contributed by atoms with Gasteiger partial charge < -0.3 is 4.74 Å². The first-order valence-electron chi connectivity index (χ1n) is 9.88. The van der Waals surface area contributed by atoms with Gasteiger partial charge in [-0.1, -0.05) is 27.2 Å². The zero-order valence-corrected chi connectivity index (χ0v) is 17.9. The van der Waals surface area contributed by atoms with Crippen LogP contribution in [0, 0.1) is 31.6 Å². The van der Waals surface area contributed by atoms with Gasteiger partial charge in [-0.15, -0.1) is 11.3 Å². The van der Waals surface area contributed by atoms with E-state index in [1.54, 1.807) is 13.8 Å². The van der Waals surface area contributed by atoms with Crippen LogP contribution < -0.4 is 5.56 Å². The highest BCUT2D eigenvalue weighted by Crippen LogP contribution is 2.36. The number of carbonyl (C=O) groups excluding carboxylic acids is 1. The second-order valence-electron chi connectivity index (χ2n) is 8.39. The quantitative estimate of drug-likeness (QED) is 0.714. The molecule has 1 fully saturated rings. The molecule has 0 aliphatic heterocycles. The molecule has 0 N–H and O–H groups in total. The van der Waals surface area contributed by atoms with Crippen LogP contribution in [0.5, 0.6) is 0 Å². The largest absolute Gasteiger partial charge is 0.461 e. The summed E-state index contributed by atoms with van der Waals surface area (Å²) in [6.07, 6.45) is 3.10. The normalized spacial score (nSPS) is 24.3. The van der Waals surface area contributed by atoms with Gasteiger partial charge in [-0.2, -0.15) is 0 Å². The molecule has 0 radical (unpaired) electrons. The van der Waals surface area contributed by atoms with Gasteiger partial charge in [0.1, 0.15) is 22.8 Å². The van der Waals surface area contributed by atoms with Crippen LogP contribution in [0.4, 0.5) is 0 Å². The number of fused-ring (bicyclic) bond motifs is 1. The topological polar surface area (TPSA) is 61.2 Å². The summed E-state index contributed by atoms with van der Waals surface area (Å²) in [5.74, 6) is 1.63. The smallest absolute Gasteiger partial charge is 0.329 e. The van der Waals surface area contributed by atoms with Gasteiger partial charge in [0.2, 0.25) is 0 Å². The summed E-state index contributed by atoms with van der Waals surface area (Å²) in [5, 5.41) is 0.578. The molecule has 6 heteroatoms. The van der Waals surface area contributed by atoms with Crippen LogP contribution in [0.2, 0.25) is 0 Å². The Balaban J connectivity index is 1.87. The molecule has 2 heterocycles. The van der Waals surface area contributed by atoms with Crippen molar-refractivity contribution in [2.24, 2.45) is 17.8 Å². The van der Waals surface area contributed by atoms with E-state index in [4.69, 9.17) is 4.74 Å². The first kappa shape index (κ1) is 20.1. The van der Waals surface area contributed by atoms with E-state index in [0.717, 1.165) is 22.5 Å². The fourth-order valence-corrected chi connectivity index (χ4v) is 5.19. The van der Waals surface area contributed by atoms with Gasteiger partial charge in [0.25, 0.3) is 5.56 Å². The number of hydrogen-bond donors (Lipinski definition) is 0. The highest BCUT2D eigenvalue weighted by Gasteiger charge is 2.35. The molecule has 2 aromatic heterocycles. The Hall–Kier alpha value is -1.69. The van der Waals surface area contributed by atoms with E-state index in [0.29, 0.717) is 29.0 Å². The fraction of sp³-hybridized carbons (Fsp3) is 0.667. The molecule has 4 atom stereocenters. The summed E-state index contributed by atoms with van der Waals surface area (Å²) >= 11 is 1.50. The molecule has 1 aliphatic carbocycles. The first-order valence-corrected chi connectivity index (χ1v) is 10.7. The maximum Gasteiger partial charge on any atom is 0.329 e. The summed E-state index contributed by atoms with van der Waals surface area (Å²) in [5.41, 5.74) is -0.163. The predicted molar refractivity (Wildman–Crippen MR) is 109 cm³/mol. The minimum absolute atomic E-state index is 0.0696. The van der Waals surface area contributed by atoms with Crippen molar-refractivity contribution in [3.63, 3.8) is 0 Å². The van der Waals surface area contributed by atoms with E-state index < -0.39 is 6.04 Å². The zero-order valence-electron chi connectivity index (χ0n) is 17.1. The molecule has 0 aromatic carbocycles. The summed E-state index contributed by atoms with van der Waals surface area (Å²) in [4.78, 5) is 32.2. The lowest BCUT2D eigenvalue weighted by molar-refractivity contribution is -0.159. The van der Waals surface area contributed by atoms with E-state index >= 15 is 0 Å². The molecule has 2 aromatic rings. The lowest BCUT2D eigenvalue weighted by atomic mass is 9.75. The van der Waals surface area contributed by atoms with Crippen LogP contribution in [0.1, 0.15) is 63.7 Å². The van der Waals surface area contributed by atoms with E-state index in [2.05, 4.69) is 25.8 Å². The van der Waals surface area contributed by atoms with Crippen molar-refractivity contribution in [1.29, 1.82) is 0 Å². The van der Waals surface area contributed by atoms with Crippen molar-refractivity contribution >= 4 is 27.5 Å². The molecular weight excluding hydrogens is 360 g/mol. The maximum atomic E-state index is 12.9. The number of aryl methyl sites for hydroxylation is 2. The highest BCUT2D eigenvalue weighted by molar-refractivity contribution is 7.18. The molecule has 1 saturated carbocycles. The second-order valence-corrected chi connectivity index (χ2v) is 9.62. The molecule has 1 aliphatic rings. The van der Waals surface area contributed by atoms with E-state index in [-0.39, 0.29) is 17.6 Å². The molecule has 5 nitrogen and oxygen atoms in total. The number of thiophene rings is 1. The Kier molecular flexibility index (Phi) is 5.75. The van der Waals surface area contributed by atoms with E-state index in [1.807, 2.05) is 13.0 Å². The van der Waals surface area contributed by atoms with Crippen molar-refractivity contribution in [3.8, 4) is 0 Å². The Bertz CT molecular complexity index is 899. The van der Waals surface area contributed by atoms with Gasteiger partial charge in [-0.25, -0.2) is 9.78 Å². The number of nitrogens with zero attached hydrogens (tertiary/aromatic N) is 2. The molecule has 148 valence electrons. The molecule has 0 saturated heterocycles. The SMILES string of the molecule is Cc1cc2c(=O)n(C(C)C(=O)OC3CC(C)CCC3C(C)C)c(C)nc2s1. The minimum atomic E-state index is -0.681. The Morgan fingerprint density at radius 1 is 1.30 bits per heavy atom. The van der Waals surface area contributed by atoms with Crippen molar-refractivity contribution in [2.45, 2.75) is 73.0 Å². The van der Waals surface area contributed by atoms with Crippen LogP contribution in [0.15, 0.2) is 10.9 Å². The standard InChI is InChI=1S/C21H30N2O3S/c1-11(2)16-8-7-12(3)9-18(16)26-21(25)14(5)23-15(6)22-19-17(20(23)24)10-13(4)27-19/h10-12,14,16,18H,7-9H2,1-6H3. The van der Waals surface area contributed by atoms with Crippen molar-refractivity contribution in [2.75, 3.05) is 0 Å². The van der Waals surface area contributed by atoms with E-state index in [9.17, 15) is 9.59 Å². The van der Waals surface area contributed by atoms with Gasteiger partial charge >= 0.3 is 5.97 Å². The predicted octanol–water partition coefficient (Wildman–Crippen LogP) is 4.64. The van der Waals surface area contributed by atoms with Gasteiger partial charge in [0, 0.05) is 4.88 Å². The number of aromatic nitrogens is 2. The van der Waals surface area contributed by atoms with Crippen LogP contribution >= 0.6 is 11.3 Å². The Morgan fingerprint density at radius 2 is 2.00 bits per heavy atom. The number of carbonyl (C=O) groups is 1. The zero-order chi connectivity index (χ0) is 19.9. The van der Waals surface area contributed by atoms with Crippen LogP contribution in [0.25, 0.3) is 10.2 Å². The average Bonchev–Trinajstić information content (AvgIpc) is 2.95. The van der Waals surface area contributed by atoms with Crippen LogP contribution in [-0.2, 0) is 9.53 Å². The van der Waals surface area contributed by atoms with Crippen LogP contribution in [0.3, 0.4) is 0 Å². The van der Waals surface area contributed by atoms with Gasteiger partial charge in [0.15, 0.2) is 0 Å². The molecule has 0 spiro atoms. The third-order valence-electron chi connectivity index (χ3n) is 5.85. The summed E-state index contributed by atoms with van der Waals surface area (Å²) in [6, 6.07) is 1.17. The summed E-state index contributed by atoms with van der Waals surface area (Å²) in [6.45, 7) is 12.1. The van der Waals surface area contributed by atoms with E-state index in [1.165, 1.54) is 22.3 Å². The lowest BCUT2D eigenvalue weighted by Crippen LogP contribution is -2.39. The second kappa shape index (κ2) is 7.74. The molecule has 0 bridgehead atoms. The van der Waals surface area contributed by atoms with Gasteiger partial charge in [-0.3, -0.25) is 9.36 Å². The summed E-state index contributed by atoms with van der Waals surface area (Å²) < 4.78 is 7.43. The monoisotopic (exact) mass is 390 g/mol. The molecular formula is C21H30N2O3S. The number of hydrogen-bond acceptors (Lipinski definition) is 5. The number of ether oxygens (including phenoxy) is 1. The molecule has 4 unspecified atom stereocenters. The first-order chi connectivity index (χ1) is 12.7. The van der Waals surface area contributed by atoms with Gasteiger partial charge in [-0.05, 0) is 57.4 Å². The molecule has 0 amide bonds. The Labute approximate surface area is 164 Å². The van der Waals surface area contributed by atoms with Crippen molar-refractivity contribution < 1.29 is 9.53 Å². The van der Waals surface area contributed by atoms with Crippen molar-refractivity contribution in [1.82, 2.24) is 9.55 Å². The van der Waals surface area contributed by atoms with Crippen molar-refractivity contribution in [3.05, 3.63) is 27.1 Å². The Morgan fingerprint density at radius 3 is 2.67 bits per heavy atom. The third kappa shape index (κ3) is 3.96. The minimum Gasteiger partial charge on any atom is -0.461 e. The number of esters is 1. The highest BCUT2D eigenvalue weighted by atomic mass is 32.1. The maximum absolute atomic E-state index is 12.9. The molecule has 27 heavy (non-hydrogen) atoms. The van der Waals surface area contributed by atoms with Crippen LogP contribution in [-0.4, -0.2) is 21.6 Å². The number of rotatable bonds is 4. The third-order valence-corrected chi connectivity index (χ3v) is 6.80. The lowest BCUT2D eigenvalue weighted by Gasteiger charge is -2.37. The average molecular weight is 391 g/mol.